The summed E-state index contributed by atoms with van der Waals surface area (Å²) < 4.78 is 0. The number of nitrogens with one attached hydrogen (secondary N) is 1. The summed E-state index contributed by atoms with van der Waals surface area (Å²) in [6, 6.07) is 9.04. The lowest BCUT2D eigenvalue weighted by Gasteiger charge is -2.13. The van der Waals surface area contributed by atoms with Gasteiger partial charge in [0.1, 0.15) is 0 Å². The minimum absolute atomic E-state index is 0.0723. The molecule has 0 saturated carbocycles. The van der Waals surface area contributed by atoms with E-state index in [-0.39, 0.29) is 11.9 Å². The zero-order chi connectivity index (χ0) is 13.8. The topological polar surface area (TPSA) is 55.1 Å². The van der Waals surface area contributed by atoms with Crippen LogP contribution in [0.5, 0.6) is 0 Å². The number of rotatable bonds is 4. The zero-order valence-electron chi connectivity index (χ0n) is 10.5. The average Bonchev–Trinajstić information content (AvgIpc) is 2.85. The Morgan fingerprint density at radius 1 is 1.47 bits per heavy atom. The second-order valence-electron chi connectivity index (χ2n) is 4.39. The standard InChI is InChI=1S/C14H15ClN2OS/c1-9(7-11-3-2-6-19-11)17-14(18)10-4-5-12(15)13(16)8-10/h2-6,8-9H,7,16H2,1H3,(H,17,18). The summed E-state index contributed by atoms with van der Waals surface area (Å²) in [4.78, 5) is 13.3. The van der Waals surface area contributed by atoms with Crippen molar-refractivity contribution in [2.45, 2.75) is 19.4 Å². The smallest absolute Gasteiger partial charge is 0.251 e. The minimum atomic E-state index is -0.132. The van der Waals surface area contributed by atoms with Gasteiger partial charge in [-0.3, -0.25) is 4.79 Å². The van der Waals surface area contributed by atoms with E-state index in [1.807, 2.05) is 18.4 Å². The van der Waals surface area contributed by atoms with Gasteiger partial charge in [-0.2, -0.15) is 0 Å². The highest BCUT2D eigenvalue weighted by molar-refractivity contribution is 7.09. The third-order valence-electron chi connectivity index (χ3n) is 2.72. The molecule has 1 aromatic carbocycles. The van der Waals surface area contributed by atoms with Gasteiger partial charge in [0.05, 0.1) is 10.7 Å². The molecule has 0 aliphatic rings. The van der Waals surface area contributed by atoms with E-state index >= 15 is 0 Å². The zero-order valence-corrected chi connectivity index (χ0v) is 12.1. The summed E-state index contributed by atoms with van der Waals surface area (Å²) in [5, 5.41) is 5.44. The number of thiophene rings is 1. The van der Waals surface area contributed by atoms with Crippen molar-refractivity contribution < 1.29 is 4.79 Å². The molecule has 3 N–H and O–H groups in total. The molecule has 0 bridgehead atoms. The molecule has 0 saturated heterocycles. The molecule has 0 aliphatic heterocycles. The highest BCUT2D eigenvalue weighted by Gasteiger charge is 2.11. The highest BCUT2D eigenvalue weighted by atomic mass is 35.5. The fraction of sp³-hybridized carbons (Fsp3) is 0.214. The normalized spacial score (nSPS) is 12.1. The monoisotopic (exact) mass is 294 g/mol. The van der Waals surface area contributed by atoms with E-state index in [2.05, 4.69) is 11.4 Å². The Balaban J connectivity index is 1.98. The van der Waals surface area contributed by atoms with Gasteiger partial charge in [-0.05, 0) is 36.6 Å². The number of amides is 1. The summed E-state index contributed by atoms with van der Waals surface area (Å²) in [5.74, 6) is -0.132. The molecule has 1 atom stereocenters. The van der Waals surface area contributed by atoms with Crippen LogP contribution in [0.1, 0.15) is 22.2 Å². The van der Waals surface area contributed by atoms with E-state index in [0.29, 0.717) is 16.3 Å². The van der Waals surface area contributed by atoms with Crippen LogP contribution in [0.2, 0.25) is 5.02 Å². The number of benzene rings is 1. The Morgan fingerprint density at radius 3 is 2.89 bits per heavy atom. The lowest BCUT2D eigenvalue weighted by atomic mass is 10.1. The number of halogens is 1. The maximum absolute atomic E-state index is 12.0. The van der Waals surface area contributed by atoms with Crippen LogP contribution in [0.3, 0.4) is 0 Å². The lowest BCUT2D eigenvalue weighted by molar-refractivity contribution is 0.0940. The molecule has 1 amide bonds. The van der Waals surface area contributed by atoms with Crippen LogP contribution in [0.4, 0.5) is 5.69 Å². The van der Waals surface area contributed by atoms with Gasteiger partial charge < -0.3 is 11.1 Å². The van der Waals surface area contributed by atoms with Crippen LogP contribution in [-0.2, 0) is 6.42 Å². The quantitative estimate of drug-likeness (QED) is 0.850. The van der Waals surface area contributed by atoms with Gasteiger partial charge in [0.2, 0.25) is 0 Å². The van der Waals surface area contributed by atoms with Crippen molar-refractivity contribution >= 4 is 34.5 Å². The third-order valence-corrected chi connectivity index (χ3v) is 3.97. The van der Waals surface area contributed by atoms with E-state index in [9.17, 15) is 4.79 Å². The Bertz CT molecular complexity index is 569. The summed E-state index contributed by atoms with van der Waals surface area (Å²) in [6.07, 6.45) is 0.826. The maximum atomic E-state index is 12.0. The molecule has 19 heavy (non-hydrogen) atoms. The predicted octanol–water partition coefficient (Wildman–Crippen LogP) is 3.34. The van der Waals surface area contributed by atoms with Crippen molar-refractivity contribution in [3.63, 3.8) is 0 Å². The number of hydrogen-bond donors (Lipinski definition) is 2. The Morgan fingerprint density at radius 2 is 2.26 bits per heavy atom. The van der Waals surface area contributed by atoms with E-state index < -0.39 is 0 Å². The van der Waals surface area contributed by atoms with E-state index in [1.165, 1.54) is 4.88 Å². The van der Waals surface area contributed by atoms with Crippen LogP contribution >= 0.6 is 22.9 Å². The minimum Gasteiger partial charge on any atom is -0.398 e. The lowest BCUT2D eigenvalue weighted by Crippen LogP contribution is -2.33. The van der Waals surface area contributed by atoms with Crippen molar-refractivity contribution in [3.05, 3.63) is 51.2 Å². The number of carbonyl (C=O) groups is 1. The Kier molecular flexibility index (Phi) is 4.45. The molecule has 5 heteroatoms. The maximum Gasteiger partial charge on any atom is 0.251 e. The summed E-state index contributed by atoms with van der Waals surface area (Å²) in [7, 11) is 0. The molecule has 0 radical (unpaired) electrons. The first-order chi connectivity index (χ1) is 9.06. The second kappa shape index (κ2) is 6.08. The van der Waals surface area contributed by atoms with Gasteiger partial charge in [0.15, 0.2) is 0 Å². The number of anilines is 1. The Labute approximate surface area is 121 Å². The molecule has 1 unspecified atom stereocenters. The van der Waals surface area contributed by atoms with Gasteiger partial charge in [0.25, 0.3) is 5.91 Å². The van der Waals surface area contributed by atoms with E-state index in [0.717, 1.165) is 6.42 Å². The molecule has 3 nitrogen and oxygen atoms in total. The second-order valence-corrected chi connectivity index (χ2v) is 5.83. The summed E-state index contributed by atoms with van der Waals surface area (Å²) in [6.45, 7) is 1.98. The Hall–Kier alpha value is -1.52. The highest BCUT2D eigenvalue weighted by Crippen LogP contribution is 2.19. The third kappa shape index (κ3) is 3.72. The van der Waals surface area contributed by atoms with Crippen molar-refractivity contribution in [1.82, 2.24) is 5.32 Å². The predicted molar refractivity (Wildman–Crippen MR) is 80.8 cm³/mol. The van der Waals surface area contributed by atoms with E-state index in [1.54, 1.807) is 29.5 Å². The molecule has 2 rings (SSSR count). The van der Waals surface area contributed by atoms with Gasteiger partial charge in [-0.15, -0.1) is 11.3 Å². The van der Waals surface area contributed by atoms with Gasteiger partial charge >= 0.3 is 0 Å². The van der Waals surface area contributed by atoms with Crippen LogP contribution in [0, 0.1) is 0 Å². The van der Waals surface area contributed by atoms with Gasteiger partial charge in [-0.1, -0.05) is 17.7 Å². The first kappa shape index (κ1) is 13.9. The van der Waals surface area contributed by atoms with Crippen LogP contribution < -0.4 is 11.1 Å². The molecule has 1 heterocycles. The largest absolute Gasteiger partial charge is 0.398 e. The van der Waals surface area contributed by atoms with Crippen molar-refractivity contribution in [1.29, 1.82) is 0 Å². The molecule has 0 spiro atoms. The molecule has 0 fully saturated rings. The molecule has 1 aromatic heterocycles. The molecule has 100 valence electrons. The van der Waals surface area contributed by atoms with Crippen LogP contribution in [-0.4, -0.2) is 11.9 Å². The van der Waals surface area contributed by atoms with Crippen molar-refractivity contribution in [2.24, 2.45) is 0 Å². The van der Waals surface area contributed by atoms with Crippen LogP contribution in [0.25, 0.3) is 0 Å². The fourth-order valence-corrected chi connectivity index (χ4v) is 2.73. The fourth-order valence-electron chi connectivity index (χ4n) is 1.77. The molecule has 0 aliphatic carbocycles. The van der Waals surface area contributed by atoms with Gasteiger partial charge in [0, 0.05) is 22.9 Å². The van der Waals surface area contributed by atoms with E-state index in [4.69, 9.17) is 17.3 Å². The van der Waals surface area contributed by atoms with Crippen molar-refractivity contribution in [2.75, 3.05) is 5.73 Å². The first-order valence-electron chi connectivity index (χ1n) is 5.94. The summed E-state index contributed by atoms with van der Waals surface area (Å²) in [5.41, 5.74) is 6.63. The van der Waals surface area contributed by atoms with Crippen LogP contribution in [0.15, 0.2) is 35.7 Å². The number of carbonyl (C=O) groups excluding carboxylic acids is 1. The average molecular weight is 295 g/mol. The number of nitrogen functional groups attached to an aromatic ring is 1. The number of hydrogen-bond acceptors (Lipinski definition) is 3. The molecular weight excluding hydrogens is 280 g/mol. The summed E-state index contributed by atoms with van der Waals surface area (Å²) >= 11 is 7.52. The molecule has 2 aromatic rings. The molecular formula is C14H15ClN2OS. The van der Waals surface area contributed by atoms with Gasteiger partial charge in [-0.25, -0.2) is 0 Å². The van der Waals surface area contributed by atoms with Crippen molar-refractivity contribution in [3.8, 4) is 0 Å². The SMILES string of the molecule is CC(Cc1cccs1)NC(=O)c1ccc(Cl)c(N)c1. The number of nitrogens with two attached hydrogens (primary N) is 1. The first-order valence-corrected chi connectivity index (χ1v) is 7.20.